The van der Waals surface area contributed by atoms with Crippen LogP contribution in [-0.2, 0) is 4.74 Å². The van der Waals surface area contributed by atoms with E-state index in [4.69, 9.17) is 9.73 Å². The topological polar surface area (TPSA) is 52.1 Å². The van der Waals surface area contributed by atoms with Crippen molar-refractivity contribution >= 4 is 29.9 Å². The summed E-state index contributed by atoms with van der Waals surface area (Å²) in [5.41, 5.74) is 0. The Balaban J connectivity index is 0.00000364. The van der Waals surface area contributed by atoms with Gasteiger partial charge in [-0.1, -0.05) is 20.8 Å². The maximum atomic E-state index is 5.50. The van der Waals surface area contributed by atoms with Crippen molar-refractivity contribution in [2.45, 2.75) is 46.6 Å². The quantitative estimate of drug-likeness (QED) is 0.308. The molecular formula is C20H42IN5O. The van der Waals surface area contributed by atoms with E-state index in [1.807, 2.05) is 0 Å². The summed E-state index contributed by atoms with van der Waals surface area (Å²) in [6.45, 7) is 19.1. The molecule has 2 aliphatic heterocycles. The lowest BCUT2D eigenvalue weighted by Gasteiger charge is -2.36. The number of guanidine groups is 1. The van der Waals surface area contributed by atoms with Gasteiger partial charge in [0.25, 0.3) is 0 Å². The Labute approximate surface area is 183 Å². The van der Waals surface area contributed by atoms with Crippen LogP contribution in [0, 0.1) is 11.8 Å². The third-order valence-electron chi connectivity index (χ3n) is 5.66. The fraction of sp³-hybridized carbons (Fsp3) is 0.950. The fourth-order valence-corrected chi connectivity index (χ4v) is 3.80. The molecule has 2 rings (SSSR count). The number of morpholine rings is 1. The van der Waals surface area contributed by atoms with Crippen LogP contribution in [0.25, 0.3) is 0 Å². The van der Waals surface area contributed by atoms with Gasteiger partial charge < -0.3 is 20.3 Å². The molecule has 6 nitrogen and oxygen atoms in total. The molecule has 0 saturated carbocycles. The summed E-state index contributed by atoms with van der Waals surface area (Å²) < 4.78 is 5.50. The predicted molar refractivity (Wildman–Crippen MR) is 125 cm³/mol. The molecule has 2 fully saturated rings. The summed E-state index contributed by atoms with van der Waals surface area (Å²) in [6.07, 6.45) is 2.67. The van der Waals surface area contributed by atoms with Crippen molar-refractivity contribution < 1.29 is 4.74 Å². The molecule has 0 bridgehead atoms. The largest absolute Gasteiger partial charge is 0.379 e. The summed E-state index contributed by atoms with van der Waals surface area (Å²) in [5, 5.41) is 6.93. The molecule has 0 aromatic heterocycles. The van der Waals surface area contributed by atoms with Crippen molar-refractivity contribution in [3.05, 3.63) is 0 Å². The summed E-state index contributed by atoms with van der Waals surface area (Å²) >= 11 is 0. The number of ether oxygens (including phenoxy) is 1. The fourth-order valence-electron chi connectivity index (χ4n) is 3.80. The molecule has 0 radical (unpaired) electrons. The summed E-state index contributed by atoms with van der Waals surface area (Å²) in [5.74, 6) is 2.44. The molecule has 27 heavy (non-hydrogen) atoms. The minimum Gasteiger partial charge on any atom is -0.379 e. The molecule has 1 unspecified atom stereocenters. The van der Waals surface area contributed by atoms with Crippen molar-refractivity contribution in [2.24, 2.45) is 16.8 Å². The van der Waals surface area contributed by atoms with E-state index < -0.39 is 0 Å². The van der Waals surface area contributed by atoms with Crippen molar-refractivity contribution in [1.82, 2.24) is 20.4 Å². The molecule has 0 aromatic carbocycles. The average molecular weight is 495 g/mol. The number of nitrogens with one attached hydrogen (secondary N) is 2. The van der Waals surface area contributed by atoms with Crippen LogP contribution < -0.4 is 10.6 Å². The molecule has 160 valence electrons. The lowest BCUT2D eigenvalue weighted by molar-refractivity contribution is 0.00867. The van der Waals surface area contributed by atoms with Gasteiger partial charge in [-0.05, 0) is 44.7 Å². The molecule has 1 atom stereocenters. The van der Waals surface area contributed by atoms with Crippen LogP contribution >= 0.6 is 24.0 Å². The zero-order chi connectivity index (χ0) is 18.8. The third-order valence-corrected chi connectivity index (χ3v) is 5.66. The Hall–Kier alpha value is -0.120. The van der Waals surface area contributed by atoms with Crippen molar-refractivity contribution in [3.8, 4) is 0 Å². The van der Waals surface area contributed by atoms with Gasteiger partial charge in [0.1, 0.15) is 0 Å². The minimum absolute atomic E-state index is 0. The first-order valence-corrected chi connectivity index (χ1v) is 10.7. The van der Waals surface area contributed by atoms with Gasteiger partial charge >= 0.3 is 0 Å². The van der Waals surface area contributed by atoms with Gasteiger partial charge in [-0.2, -0.15) is 0 Å². The second-order valence-corrected chi connectivity index (χ2v) is 8.13. The Morgan fingerprint density at radius 1 is 1.11 bits per heavy atom. The van der Waals surface area contributed by atoms with Gasteiger partial charge in [0.2, 0.25) is 0 Å². The zero-order valence-electron chi connectivity index (χ0n) is 17.9. The highest BCUT2D eigenvalue weighted by Crippen LogP contribution is 2.15. The molecule has 2 aliphatic rings. The van der Waals surface area contributed by atoms with Crippen LogP contribution in [0.5, 0.6) is 0 Å². The van der Waals surface area contributed by atoms with Crippen molar-refractivity contribution in [2.75, 3.05) is 65.6 Å². The third kappa shape index (κ3) is 9.28. The molecule has 0 amide bonds. The molecule has 0 aliphatic carbocycles. The van der Waals surface area contributed by atoms with Crippen LogP contribution in [0.1, 0.15) is 40.5 Å². The number of hydrogen-bond acceptors (Lipinski definition) is 4. The second-order valence-electron chi connectivity index (χ2n) is 8.13. The molecular weight excluding hydrogens is 453 g/mol. The zero-order valence-corrected chi connectivity index (χ0v) is 20.2. The van der Waals surface area contributed by atoms with Gasteiger partial charge in [0.15, 0.2) is 5.96 Å². The molecule has 7 heteroatoms. The SMILES string of the molecule is CCNC(=NCC(C(C)C)N1CCOCC1)NCCN1CCC(C)CC1.I. The molecule has 2 N–H and O–H groups in total. The Morgan fingerprint density at radius 2 is 1.78 bits per heavy atom. The smallest absolute Gasteiger partial charge is 0.191 e. The van der Waals surface area contributed by atoms with E-state index in [1.165, 1.54) is 25.9 Å². The van der Waals surface area contributed by atoms with E-state index >= 15 is 0 Å². The van der Waals surface area contributed by atoms with Crippen molar-refractivity contribution in [3.63, 3.8) is 0 Å². The first kappa shape index (κ1) is 24.9. The highest BCUT2D eigenvalue weighted by atomic mass is 127. The number of rotatable bonds is 8. The lowest BCUT2D eigenvalue weighted by Crippen LogP contribution is -2.48. The Morgan fingerprint density at radius 3 is 2.37 bits per heavy atom. The van der Waals surface area contributed by atoms with Crippen LogP contribution in [0.4, 0.5) is 0 Å². The second kappa shape index (κ2) is 14.0. The monoisotopic (exact) mass is 495 g/mol. The number of likely N-dealkylation sites (tertiary alicyclic amines) is 1. The number of aliphatic imine (C=N–C) groups is 1. The molecule has 0 aromatic rings. The molecule has 0 spiro atoms. The van der Waals surface area contributed by atoms with Crippen LogP contribution in [0.15, 0.2) is 4.99 Å². The summed E-state index contributed by atoms with van der Waals surface area (Å²) in [7, 11) is 0. The van der Waals surface area contributed by atoms with E-state index in [9.17, 15) is 0 Å². The highest BCUT2D eigenvalue weighted by molar-refractivity contribution is 14.0. The molecule has 2 heterocycles. The van der Waals surface area contributed by atoms with Crippen LogP contribution in [0.3, 0.4) is 0 Å². The maximum absolute atomic E-state index is 5.50. The Bertz CT molecular complexity index is 407. The lowest BCUT2D eigenvalue weighted by atomic mass is 9.99. The van der Waals surface area contributed by atoms with E-state index in [1.54, 1.807) is 0 Å². The Kier molecular flexibility index (Phi) is 12.9. The minimum atomic E-state index is 0. The number of piperidine rings is 1. The summed E-state index contributed by atoms with van der Waals surface area (Å²) in [6, 6.07) is 0.484. The predicted octanol–water partition coefficient (Wildman–Crippen LogP) is 2.25. The van der Waals surface area contributed by atoms with Crippen molar-refractivity contribution in [1.29, 1.82) is 0 Å². The standard InChI is InChI=1S/C20H41N5O.HI/c1-5-21-20(22-8-11-24-9-6-18(4)7-10-24)23-16-19(17(2)3)25-12-14-26-15-13-25;/h17-19H,5-16H2,1-4H3,(H2,21,22,23);1H. The average Bonchev–Trinajstić information content (AvgIpc) is 2.64. The molecule has 2 saturated heterocycles. The maximum Gasteiger partial charge on any atom is 0.191 e. The highest BCUT2D eigenvalue weighted by Gasteiger charge is 2.23. The first-order valence-electron chi connectivity index (χ1n) is 10.7. The van der Waals surface area contributed by atoms with Gasteiger partial charge in [-0.25, -0.2) is 0 Å². The van der Waals surface area contributed by atoms with Crippen LogP contribution in [-0.4, -0.2) is 87.4 Å². The van der Waals surface area contributed by atoms with E-state index in [2.05, 4.69) is 48.1 Å². The summed E-state index contributed by atoms with van der Waals surface area (Å²) in [4.78, 5) is 10.0. The number of nitrogens with zero attached hydrogens (tertiary/aromatic N) is 3. The first-order chi connectivity index (χ1) is 12.6. The van der Waals surface area contributed by atoms with E-state index in [0.29, 0.717) is 12.0 Å². The number of hydrogen-bond donors (Lipinski definition) is 2. The van der Waals surface area contributed by atoms with Gasteiger partial charge in [0, 0.05) is 38.8 Å². The normalized spacial score (nSPS) is 21.7. The van der Waals surface area contributed by atoms with Crippen LogP contribution in [0.2, 0.25) is 0 Å². The van der Waals surface area contributed by atoms with Gasteiger partial charge in [0.05, 0.1) is 19.8 Å². The van der Waals surface area contributed by atoms with Gasteiger partial charge in [-0.15, -0.1) is 24.0 Å². The number of halogens is 1. The van der Waals surface area contributed by atoms with E-state index in [0.717, 1.165) is 64.4 Å². The van der Waals surface area contributed by atoms with E-state index in [-0.39, 0.29) is 24.0 Å². The van der Waals surface area contributed by atoms with Gasteiger partial charge in [-0.3, -0.25) is 9.89 Å².